The van der Waals surface area contributed by atoms with Gasteiger partial charge in [0.1, 0.15) is 5.78 Å². The van der Waals surface area contributed by atoms with E-state index >= 15 is 0 Å². The molecular weight excluding hydrogens is 232 g/mol. The molecule has 0 atom stereocenters. The van der Waals surface area contributed by atoms with Crippen LogP contribution in [0.5, 0.6) is 0 Å². The molecule has 1 fully saturated rings. The molecule has 1 saturated carbocycles. The van der Waals surface area contributed by atoms with Crippen molar-refractivity contribution in [2.24, 2.45) is 5.92 Å². The molecule has 0 aromatic heterocycles. The molecule has 1 aliphatic rings. The Hall–Kier alpha value is -1.13. The molecule has 18 heavy (non-hydrogen) atoms. The van der Waals surface area contributed by atoms with Crippen LogP contribution in [0.3, 0.4) is 0 Å². The molecule has 4 heteroatoms. The van der Waals surface area contributed by atoms with E-state index in [1.807, 2.05) is 0 Å². The summed E-state index contributed by atoms with van der Waals surface area (Å²) >= 11 is 0. The highest BCUT2D eigenvalue weighted by molar-refractivity contribution is 5.78. The highest BCUT2D eigenvalue weighted by Gasteiger charge is 2.16. The zero-order valence-electron chi connectivity index (χ0n) is 11.9. The fraction of sp³-hybridized carbons (Fsp3) is 0.643. The van der Waals surface area contributed by atoms with Gasteiger partial charge in [0.2, 0.25) is 0 Å². The Morgan fingerprint density at radius 2 is 1.44 bits per heavy atom. The first-order chi connectivity index (χ1) is 8.72. The van der Waals surface area contributed by atoms with Crippen molar-refractivity contribution in [3.63, 3.8) is 0 Å². The van der Waals surface area contributed by atoms with Crippen molar-refractivity contribution in [1.82, 2.24) is 0 Å². The molecule has 1 rings (SSSR count). The number of hydrogen-bond acceptors (Lipinski definition) is 4. The topological polar surface area (TPSA) is 66.8 Å². The zero-order chi connectivity index (χ0) is 14.8. The highest BCUT2D eigenvalue weighted by atomic mass is 16.5. The average Bonchev–Trinajstić information content (AvgIpc) is 2.46. The number of ether oxygens (including phenoxy) is 1. The minimum Gasteiger partial charge on any atom is -0.474 e. The molecule has 108 valence electrons. The summed E-state index contributed by atoms with van der Waals surface area (Å²) in [6, 6.07) is 0. The van der Waals surface area contributed by atoms with Gasteiger partial charge >= 0.3 is 0 Å². The van der Waals surface area contributed by atoms with E-state index in [-0.39, 0.29) is 0 Å². The molecule has 0 amide bonds. The van der Waals surface area contributed by atoms with Crippen LogP contribution in [0.25, 0.3) is 0 Å². The van der Waals surface area contributed by atoms with Crippen LogP contribution in [-0.2, 0) is 9.53 Å². The number of ketones is 1. The Bertz CT molecular complexity index is 178. The SMILES string of the molecule is C=COC=C.CC(=O)C1CCCCC1.CO.CO. The molecule has 0 saturated heterocycles. The summed E-state index contributed by atoms with van der Waals surface area (Å²) in [5.41, 5.74) is 0. The second-order valence-corrected chi connectivity index (χ2v) is 3.42. The monoisotopic (exact) mass is 260 g/mol. The maximum absolute atomic E-state index is 10.8. The Kier molecular flexibility index (Phi) is 26.0. The van der Waals surface area contributed by atoms with Crippen LogP contribution in [0.4, 0.5) is 0 Å². The van der Waals surface area contributed by atoms with Crippen LogP contribution in [-0.4, -0.2) is 30.2 Å². The van der Waals surface area contributed by atoms with Gasteiger partial charge in [0.05, 0.1) is 12.5 Å². The predicted molar refractivity (Wildman–Crippen MR) is 75.0 cm³/mol. The van der Waals surface area contributed by atoms with E-state index in [0.717, 1.165) is 27.1 Å². The second kappa shape index (κ2) is 21.2. The lowest BCUT2D eigenvalue weighted by molar-refractivity contribution is -0.121. The highest BCUT2D eigenvalue weighted by Crippen LogP contribution is 2.23. The normalized spacial score (nSPS) is 13.2. The van der Waals surface area contributed by atoms with E-state index in [9.17, 15) is 4.79 Å². The fourth-order valence-corrected chi connectivity index (χ4v) is 1.58. The fourth-order valence-electron chi connectivity index (χ4n) is 1.58. The maximum Gasteiger partial charge on any atom is 0.132 e. The van der Waals surface area contributed by atoms with Gasteiger partial charge in [-0.25, -0.2) is 0 Å². The summed E-state index contributed by atoms with van der Waals surface area (Å²) < 4.78 is 4.36. The standard InChI is InChI=1S/C8H14O.C4H6O.2CH4O/c1-7(9)8-5-3-2-4-6-8;1-3-5-4-2;2*1-2/h8H,2-6H2,1H3;3-4H,1-2H2;2*2H,1H3. The summed E-state index contributed by atoms with van der Waals surface area (Å²) in [4.78, 5) is 10.8. The van der Waals surface area contributed by atoms with E-state index in [1.165, 1.54) is 31.8 Å². The van der Waals surface area contributed by atoms with Crippen molar-refractivity contribution >= 4 is 5.78 Å². The van der Waals surface area contributed by atoms with Crippen molar-refractivity contribution in [3.8, 4) is 0 Å². The Morgan fingerprint density at radius 3 is 1.61 bits per heavy atom. The molecule has 0 aliphatic heterocycles. The Balaban J connectivity index is -0.000000215. The van der Waals surface area contributed by atoms with Gasteiger partial charge < -0.3 is 14.9 Å². The van der Waals surface area contributed by atoms with Gasteiger partial charge in [0.15, 0.2) is 0 Å². The third-order valence-electron chi connectivity index (χ3n) is 2.37. The molecule has 0 spiro atoms. The van der Waals surface area contributed by atoms with Gasteiger partial charge in [-0.15, -0.1) is 0 Å². The van der Waals surface area contributed by atoms with Crippen LogP contribution >= 0.6 is 0 Å². The lowest BCUT2D eigenvalue weighted by atomic mass is 9.87. The van der Waals surface area contributed by atoms with E-state index < -0.39 is 0 Å². The van der Waals surface area contributed by atoms with Gasteiger partial charge in [-0.2, -0.15) is 0 Å². The molecule has 0 radical (unpaired) electrons. The van der Waals surface area contributed by atoms with Gasteiger partial charge in [0.25, 0.3) is 0 Å². The minimum atomic E-state index is 0.398. The van der Waals surface area contributed by atoms with Gasteiger partial charge in [-0.05, 0) is 19.8 Å². The number of aliphatic hydroxyl groups excluding tert-OH is 2. The Labute approximate surface area is 111 Å². The van der Waals surface area contributed by atoms with Gasteiger partial charge in [-0.3, -0.25) is 4.79 Å². The molecule has 0 unspecified atom stereocenters. The number of carbonyl (C=O) groups excluding carboxylic acids is 1. The van der Waals surface area contributed by atoms with Gasteiger partial charge in [0, 0.05) is 20.1 Å². The number of hydrogen-bond donors (Lipinski definition) is 2. The average molecular weight is 260 g/mol. The number of Topliss-reactive ketones (excluding diaryl/α,β-unsaturated/α-hetero) is 1. The quantitative estimate of drug-likeness (QED) is 0.766. The molecule has 0 aromatic carbocycles. The van der Waals surface area contributed by atoms with E-state index in [4.69, 9.17) is 10.2 Å². The lowest BCUT2D eigenvalue weighted by Crippen LogP contribution is -2.13. The smallest absolute Gasteiger partial charge is 0.132 e. The summed E-state index contributed by atoms with van der Waals surface area (Å²) in [6.07, 6.45) is 8.79. The second-order valence-electron chi connectivity index (χ2n) is 3.42. The molecule has 2 N–H and O–H groups in total. The molecule has 1 aliphatic carbocycles. The molecule has 0 bridgehead atoms. The van der Waals surface area contributed by atoms with Crippen LogP contribution in [0.2, 0.25) is 0 Å². The number of aliphatic hydroxyl groups is 2. The van der Waals surface area contributed by atoms with Crippen LogP contribution in [0.15, 0.2) is 25.7 Å². The van der Waals surface area contributed by atoms with Crippen molar-refractivity contribution in [1.29, 1.82) is 0 Å². The molecular formula is C14H28O4. The summed E-state index contributed by atoms with van der Waals surface area (Å²) in [6.45, 7) is 8.23. The van der Waals surface area contributed by atoms with Crippen molar-refractivity contribution in [2.75, 3.05) is 14.2 Å². The number of rotatable bonds is 3. The van der Waals surface area contributed by atoms with Crippen LogP contribution < -0.4 is 0 Å². The first kappa shape index (κ1) is 22.1. The third-order valence-corrected chi connectivity index (χ3v) is 2.37. The first-order valence-corrected chi connectivity index (χ1v) is 5.99. The third kappa shape index (κ3) is 17.3. The first-order valence-electron chi connectivity index (χ1n) is 5.99. The van der Waals surface area contributed by atoms with Crippen molar-refractivity contribution in [3.05, 3.63) is 25.7 Å². The van der Waals surface area contributed by atoms with E-state index in [0.29, 0.717) is 11.7 Å². The summed E-state index contributed by atoms with van der Waals surface area (Å²) in [5.74, 6) is 0.813. The molecule has 0 aromatic rings. The minimum absolute atomic E-state index is 0.398. The lowest BCUT2D eigenvalue weighted by Gasteiger charge is -2.17. The van der Waals surface area contributed by atoms with Crippen molar-refractivity contribution < 1.29 is 19.7 Å². The number of carbonyl (C=O) groups is 1. The van der Waals surface area contributed by atoms with Crippen LogP contribution in [0.1, 0.15) is 39.0 Å². The summed E-state index contributed by atoms with van der Waals surface area (Å²) in [5, 5.41) is 14.0. The van der Waals surface area contributed by atoms with Crippen molar-refractivity contribution in [2.45, 2.75) is 39.0 Å². The zero-order valence-corrected chi connectivity index (χ0v) is 11.9. The maximum atomic E-state index is 10.8. The molecule has 4 nitrogen and oxygen atoms in total. The predicted octanol–water partition coefficient (Wildman–Crippen LogP) is 2.66. The van der Waals surface area contributed by atoms with Gasteiger partial charge in [-0.1, -0.05) is 32.4 Å². The van der Waals surface area contributed by atoms with E-state index in [1.54, 1.807) is 6.92 Å². The molecule has 0 heterocycles. The van der Waals surface area contributed by atoms with E-state index in [2.05, 4.69) is 17.9 Å². The Morgan fingerprint density at radius 1 is 1.06 bits per heavy atom. The summed E-state index contributed by atoms with van der Waals surface area (Å²) in [7, 11) is 2.00. The largest absolute Gasteiger partial charge is 0.474 e. The van der Waals surface area contributed by atoms with Crippen LogP contribution in [0, 0.1) is 5.92 Å².